The lowest BCUT2D eigenvalue weighted by Gasteiger charge is -2.41. The van der Waals surface area contributed by atoms with E-state index in [9.17, 15) is 14.7 Å². The predicted molar refractivity (Wildman–Crippen MR) is 154 cm³/mol. The molecular weight excluding hydrogens is 522 g/mol. The second-order valence-electron chi connectivity index (χ2n) is 10.0. The first-order valence-corrected chi connectivity index (χ1v) is 14.3. The highest BCUT2D eigenvalue weighted by molar-refractivity contribution is 7.99. The van der Waals surface area contributed by atoms with E-state index in [1.165, 1.54) is 9.80 Å². The van der Waals surface area contributed by atoms with Crippen molar-refractivity contribution in [3.05, 3.63) is 131 Å². The number of imide groups is 1. The molecule has 0 radical (unpaired) electrons. The van der Waals surface area contributed by atoms with Gasteiger partial charge in [-0.1, -0.05) is 73.7 Å². The molecule has 6 nitrogen and oxygen atoms in total. The number of nitrogens with zero attached hydrogens (tertiary/aromatic N) is 1. The summed E-state index contributed by atoms with van der Waals surface area (Å²) in [7, 11) is 0. The van der Waals surface area contributed by atoms with Gasteiger partial charge in [0.15, 0.2) is 6.29 Å². The fraction of sp³-hybridized carbons (Fsp3) is 0.212. The Hall–Kier alpha value is -3.75. The van der Waals surface area contributed by atoms with Crippen LogP contribution in [0.3, 0.4) is 0 Å². The standard InChI is InChI=1S/C33H29NO5S/c1-21-29(20-40-26-7-3-2-4-8-26)38-33(39-30(21)23-13-11-22(19-35)12-14-23)24-15-17-25(18-16-24)34-31(36)27-9-5-6-10-28(27)32(34)37/h2-18,21,29-30,33,35H,19-20H2,1H3/t21-,29+,30+,33+/m0/s1. The first-order valence-electron chi connectivity index (χ1n) is 13.3. The van der Waals surface area contributed by atoms with Gasteiger partial charge < -0.3 is 14.6 Å². The van der Waals surface area contributed by atoms with E-state index < -0.39 is 6.29 Å². The number of hydrogen-bond donors (Lipinski definition) is 1. The summed E-state index contributed by atoms with van der Waals surface area (Å²) in [5.74, 6) is 0.183. The third kappa shape index (κ3) is 5.09. The van der Waals surface area contributed by atoms with Gasteiger partial charge in [-0.05, 0) is 47.5 Å². The summed E-state index contributed by atoms with van der Waals surface area (Å²) in [5.41, 5.74) is 4.01. The minimum absolute atomic E-state index is 0.0110. The number of anilines is 1. The third-order valence-corrected chi connectivity index (χ3v) is 8.60. The second kappa shape index (κ2) is 11.4. The van der Waals surface area contributed by atoms with Crippen molar-refractivity contribution >= 4 is 29.3 Å². The molecule has 0 aromatic heterocycles. The van der Waals surface area contributed by atoms with Gasteiger partial charge in [0.25, 0.3) is 11.8 Å². The average molecular weight is 552 g/mol. The van der Waals surface area contributed by atoms with Crippen molar-refractivity contribution in [3.63, 3.8) is 0 Å². The molecule has 6 rings (SSSR count). The van der Waals surface area contributed by atoms with Gasteiger partial charge in [-0.15, -0.1) is 11.8 Å². The Bertz CT molecular complexity index is 1470. The maximum atomic E-state index is 12.9. The molecule has 1 N–H and O–H groups in total. The lowest BCUT2D eigenvalue weighted by Crippen LogP contribution is -2.38. The summed E-state index contributed by atoms with van der Waals surface area (Å²) in [6.45, 7) is 2.13. The Kier molecular flexibility index (Phi) is 7.54. The Morgan fingerprint density at radius 2 is 1.35 bits per heavy atom. The number of carbonyl (C=O) groups is 2. The molecule has 2 aliphatic heterocycles. The number of ether oxygens (including phenoxy) is 2. The van der Waals surface area contributed by atoms with Crippen molar-refractivity contribution in [1.29, 1.82) is 0 Å². The van der Waals surface area contributed by atoms with E-state index in [2.05, 4.69) is 19.1 Å². The van der Waals surface area contributed by atoms with Gasteiger partial charge in [0.1, 0.15) is 0 Å². The van der Waals surface area contributed by atoms with Crippen molar-refractivity contribution in [2.45, 2.75) is 36.9 Å². The maximum absolute atomic E-state index is 12.9. The van der Waals surface area contributed by atoms with E-state index in [1.54, 1.807) is 48.2 Å². The summed E-state index contributed by atoms with van der Waals surface area (Å²) in [4.78, 5) is 28.3. The summed E-state index contributed by atoms with van der Waals surface area (Å²) in [6.07, 6.45) is -0.942. The highest BCUT2D eigenvalue weighted by atomic mass is 32.2. The Labute approximate surface area is 237 Å². The van der Waals surface area contributed by atoms with E-state index in [0.717, 1.165) is 22.4 Å². The lowest BCUT2D eigenvalue weighted by molar-refractivity contribution is -0.268. The number of amides is 2. The second-order valence-corrected chi connectivity index (χ2v) is 11.1. The zero-order valence-corrected chi connectivity index (χ0v) is 22.8. The van der Waals surface area contributed by atoms with Crippen molar-refractivity contribution in [3.8, 4) is 0 Å². The molecule has 0 aliphatic carbocycles. The highest BCUT2D eigenvalue weighted by Gasteiger charge is 2.39. The molecular formula is C33H29NO5S. The maximum Gasteiger partial charge on any atom is 0.266 e. The summed E-state index contributed by atoms with van der Waals surface area (Å²) in [5, 5.41) is 9.49. The van der Waals surface area contributed by atoms with Crippen LogP contribution in [0.25, 0.3) is 0 Å². The third-order valence-electron chi connectivity index (χ3n) is 7.50. The van der Waals surface area contributed by atoms with Crippen molar-refractivity contribution in [2.75, 3.05) is 10.7 Å². The van der Waals surface area contributed by atoms with Gasteiger partial charge >= 0.3 is 0 Å². The molecule has 0 bridgehead atoms. The van der Waals surface area contributed by atoms with Crippen LogP contribution >= 0.6 is 11.8 Å². The molecule has 40 heavy (non-hydrogen) atoms. The largest absolute Gasteiger partial charge is 0.392 e. The fourth-order valence-electron chi connectivity index (χ4n) is 5.21. The quantitative estimate of drug-likeness (QED) is 0.207. The molecule has 2 aliphatic rings. The molecule has 7 heteroatoms. The number of aliphatic hydroxyl groups excluding tert-OH is 1. The minimum atomic E-state index is -0.628. The Balaban J connectivity index is 1.25. The molecule has 0 unspecified atom stereocenters. The van der Waals surface area contributed by atoms with E-state index in [-0.39, 0.29) is 36.5 Å². The predicted octanol–water partition coefficient (Wildman–Crippen LogP) is 6.56. The number of hydrogen-bond acceptors (Lipinski definition) is 6. The molecule has 4 atom stereocenters. The Morgan fingerprint density at radius 1 is 0.750 bits per heavy atom. The van der Waals surface area contributed by atoms with E-state index in [1.807, 2.05) is 54.6 Å². The zero-order chi connectivity index (χ0) is 27.6. The number of fused-ring (bicyclic) bond motifs is 1. The normalized spacial score (nSPS) is 22.4. The fourth-order valence-corrected chi connectivity index (χ4v) is 6.30. The molecule has 2 amide bonds. The topological polar surface area (TPSA) is 76.1 Å². The molecule has 4 aromatic carbocycles. The van der Waals surface area contributed by atoms with Crippen LogP contribution in [0.5, 0.6) is 0 Å². The molecule has 0 spiro atoms. The van der Waals surface area contributed by atoms with Crippen LogP contribution < -0.4 is 4.90 Å². The van der Waals surface area contributed by atoms with Gasteiger partial charge in [0, 0.05) is 22.1 Å². The number of carbonyl (C=O) groups excluding carboxylic acids is 2. The first-order chi connectivity index (χ1) is 19.5. The van der Waals surface area contributed by atoms with Crippen LogP contribution in [0.15, 0.2) is 108 Å². The van der Waals surface area contributed by atoms with Gasteiger partial charge in [0.05, 0.1) is 35.6 Å². The molecule has 1 saturated heterocycles. The van der Waals surface area contributed by atoms with Gasteiger partial charge in [-0.3, -0.25) is 9.59 Å². The lowest BCUT2D eigenvalue weighted by atomic mass is 9.91. The van der Waals surface area contributed by atoms with Crippen LogP contribution in [0, 0.1) is 5.92 Å². The van der Waals surface area contributed by atoms with E-state index in [0.29, 0.717) is 16.8 Å². The number of aliphatic hydroxyl groups is 1. The average Bonchev–Trinajstić information content (AvgIpc) is 3.26. The summed E-state index contributed by atoms with van der Waals surface area (Å²) >= 11 is 1.75. The SMILES string of the molecule is C[C@H]1[C@@H](CSc2ccccc2)O[C@@H](c2ccc(N3C(=O)c4ccccc4C3=O)cc2)O[C@H]1c1ccc(CO)cc1. The summed E-state index contributed by atoms with van der Waals surface area (Å²) < 4.78 is 13.1. The van der Waals surface area contributed by atoms with Crippen LogP contribution in [-0.4, -0.2) is 28.8 Å². The molecule has 1 fully saturated rings. The Morgan fingerprint density at radius 3 is 1.98 bits per heavy atom. The first kappa shape index (κ1) is 26.5. The van der Waals surface area contributed by atoms with Crippen LogP contribution in [0.1, 0.15) is 56.7 Å². The monoisotopic (exact) mass is 551 g/mol. The summed E-state index contributed by atoms with van der Waals surface area (Å²) in [6, 6.07) is 32.2. The molecule has 0 saturated carbocycles. The van der Waals surface area contributed by atoms with Crippen LogP contribution in [0.4, 0.5) is 5.69 Å². The van der Waals surface area contributed by atoms with Crippen molar-refractivity contribution in [1.82, 2.24) is 0 Å². The molecule has 2 heterocycles. The van der Waals surface area contributed by atoms with Gasteiger partial charge in [-0.25, -0.2) is 4.90 Å². The van der Waals surface area contributed by atoms with E-state index in [4.69, 9.17) is 9.47 Å². The van der Waals surface area contributed by atoms with Crippen molar-refractivity contribution < 1.29 is 24.2 Å². The van der Waals surface area contributed by atoms with Crippen LogP contribution in [-0.2, 0) is 16.1 Å². The van der Waals surface area contributed by atoms with Gasteiger partial charge in [0.2, 0.25) is 0 Å². The van der Waals surface area contributed by atoms with Crippen molar-refractivity contribution in [2.24, 2.45) is 5.92 Å². The number of thioether (sulfide) groups is 1. The zero-order valence-electron chi connectivity index (χ0n) is 22.0. The van der Waals surface area contributed by atoms with Crippen LogP contribution in [0.2, 0.25) is 0 Å². The number of rotatable bonds is 7. The van der Waals surface area contributed by atoms with Gasteiger partial charge in [-0.2, -0.15) is 0 Å². The number of benzene rings is 4. The minimum Gasteiger partial charge on any atom is -0.392 e. The molecule has 202 valence electrons. The highest BCUT2D eigenvalue weighted by Crippen LogP contribution is 2.43. The smallest absolute Gasteiger partial charge is 0.266 e. The van der Waals surface area contributed by atoms with E-state index >= 15 is 0 Å². The molecule has 4 aromatic rings.